The van der Waals surface area contributed by atoms with Crippen molar-refractivity contribution in [3.63, 3.8) is 0 Å². The number of nitrogen functional groups attached to an aromatic ring is 1. The molecule has 0 spiro atoms. The molecule has 17 heavy (non-hydrogen) atoms. The van der Waals surface area contributed by atoms with Crippen molar-refractivity contribution in [2.75, 3.05) is 19.3 Å². The summed E-state index contributed by atoms with van der Waals surface area (Å²) in [6.45, 7) is 2.67. The molecule has 1 aromatic carbocycles. The normalized spacial score (nSPS) is 12.6. The fraction of sp³-hybridized carbons (Fsp3) is 0.462. The highest BCUT2D eigenvalue weighted by molar-refractivity contribution is 5.66. The maximum atomic E-state index is 10.5. The van der Waals surface area contributed by atoms with E-state index in [1.165, 1.54) is 5.56 Å². The van der Waals surface area contributed by atoms with E-state index in [1.54, 1.807) is 0 Å². The van der Waals surface area contributed by atoms with Gasteiger partial charge >= 0.3 is 5.97 Å². The van der Waals surface area contributed by atoms with Gasteiger partial charge in [-0.3, -0.25) is 4.79 Å². The van der Waals surface area contributed by atoms with Crippen LogP contribution in [0, 0.1) is 0 Å². The Morgan fingerprint density at radius 2 is 2.00 bits per heavy atom. The van der Waals surface area contributed by atoms with E-state index in [0.717, 1.165) is 12.1 Å². The van der Waals surface area contributed by atoms with Gasteiger partial charge in [0.2, 0.25) is 0 Å². The van der Waals surface area contributed by atoms with Gasteiger partial charge in [-0.1, -0.05) is 12.1 Å². The summed E-state index contributed by atoms with van der Waals surface area (Å²) in [6, 6.07) is 8.12. The minimum absolute atomic E-state index is 0.183. The minimum Gasteiger partial charge on any atom is -0.481 e. The highest BCUT2D eigenvalue weighted by atomic mass is 16.4. The summed E-state index contributed by atoms with van der Waals surface area (Å²) in [5.74, 6) is -0.753. The Kier molecular flexibility index (Phi) is 4.97. The van der Waals surface area contributed by atoms with Crippen molar-refractivity contribution in [2.45, 2.75) is 25.8 Å². The first-order chi connectivity index (χ1) is 7.99. The molecule has 0 saturated heterocycles. The molecule has 1 unspecified atom stereocenters. The second-order valence-corrected chi connectivity index (χ2v) is 4.42. The van der Waals surface area contributed by atoms with Crippen molar-refractivity contribution in [3.05, 3.63) is 29.8 Å². The average molecular weight is 236 g/mol. The molecule has 3 N–H and O–H groups in total. The number of hydrogen-bond acceptors (Lipinski definition) is 3. The van der Waals surface area contributed by atoms with Crippen LogP contribution >= 0.6 is 0 Å². The monoisotopic (exact) mass is 236 g/mol. The van der Waals surface area contributed by atoms with Gasteiger partial charge in [0.15, 0.2) is 0 Å². The first kappa shape index (κ1) is 13.5. The molecule has 1 atom stereocenters. The lowest BCUT2D eigenvalue weighted by Crippen LogP contribution is -2.32. The number of benzene rings is 1. The van der Waals surface area contributed by atoms with Gasteiger partial charge < -0.3 is 15.7 Å². The lowest BCUT2D eigenvalue weighted by molar-refractivity contribution is -0.137. The zero-order valence-corrected chi connectivity index (χ0v) is 10.4. The van der Waals surface area contributed by atoms with E-state index in [4.69, 9.17) is 10.8 Å². The molecule has 0 bridgehead atoms. The lowest BCUT2D eigenvalue weighted by atomic mass is 10.1. The van der Waals surface area contributed by atoms with Gasteiger partial charge in [0, 0.05) is 18.3 Å². The first-order valence-corrected chi connectivity index (χ1v) is 5.75. The standard InChI is InChI=1S/C13H20N2O2/c1-10(15(2)8-7-13(16)17)9-11-3-5-12(14)6-4-11/h3-6,10H,7-9,14H2,1-2H3,(H,16,17). The molecule has 0 heterocycles. The second-order valence-electron chi connectivity index (χ2n) is 4.42. The third kappa shape index (κ3) is 4.87. The zero-order chi connectivity index (χ0) is 12.8. The van der Waals surface area contributed by atoms with E-state index >= 15 is 0 Å². The summed E-state index contributed by atoms with van der Waals surface area (Å²) in [7, 11) is 1.95. The van der Waals surface area contributed by atoms with Gasteiger partial charge in [-0.2, -0.15) is 0 Å². The quantitative estimate of drug-likeness (QED) is 0.736. The first-order valence-electron chi connectivity index (χ1n) is 5.75. The Hall–Kier alpha value is -1.55. The summed E-state index contributed by atoms with van der Waals surface area (Å²) in [4.78, 5) is 12.5. The number of carbonyl (C=O) groups is 1. The number of nitrogens with two attached hydrogens (primary N) is 1. The fourth-order valence-corrected chi connectivity index (χ4v) is 1.64. The maximum Gasteiger partial charge on any atom is 0.304 e. The summed E-state index contributed by atoms with van der Waals surface area (Å²) in [5, 5.41) is 8.62. The van der Waals surface area contributed by atoms with E-state index in [-0.39, 0.29) is 6.42 Å². The Morgan fingerprint density at radius 1 is 1.41 bits per heavy atom. The number of likely N-dealkylation sites (N-methyl/N-ethyl adjacent to an activating group) is 1. The predicted molar refractivity (Wildman–Crippen MR) is 68.9 cm³/mol. The van der Waals surface area contributed by atoms with Crippen LogP contribution in [0.1, 0.15) is 18.9 Å². The number of carboxylic acids is 1. The SMILES string of the molecule is CC(Cc1ccc(N)cc1)N(C)CCC(=O)O. The number of carboxylic acid groups (broad SMARTS) is 1. The average Bonchev–Trinajstić information content (AvgIpc) is 2.28. The molecule has 1 rings (SSSR count). The van der Waals surface area contributed by atoms with Crippen LogP contribution < -0.4 is 5.73 Å². The van der Waals surface area contributed by atoms with E-state index in [2.05, 4.69) is 11.8 Å². The third-order valence-corrected chi connectivity index (χ3v) is 2.94. The highest BCUT2D eigenvalue weighted by Crippen LogP contribution is 2.10. The zero-order valence-electron chi connectivity index (χ0n) is 10.4. The molecule has 0 saturated carbocycles. The van der Waals surface area contributed by atoms with Crippen LogP contribution in [0.3, 0.4) is 0 Å². The van der Waals surface area contributed by atoms with Crippen LogP contribution in [0.4, 0.5) is 5.69 Å². The summed E-state index contributed by atoms with van der Waals surface area (Å²) < 4.78 is 0. The Bertz CT molecular complexity index is 362. The van der Waals surface area contributed by atoms with E-state index < -0.39 is 5.97 Å². The van der Waals surface area contributed by atoms with Gasteiger partial charge in [-0.15, -0.1) is 0 Å². The summed E-state index contributed by atoms with van der Waals surface area (Å²) >= 11 is 0. The van der Waals surface area contributed by atoms with Gasteiger partial charge in [-0.05, 0) is 38.1 Å². The Morgan fingerprint density at radius 3 is 2.53 bits per heavy atom. The minimum atomic E-state index is -0.753. The van der Waals surface area contributed by atoms with Crippen LogP contribution in [0.5, 0.6) is 0 Å². The highest BCUT2D eigenvalue weighted by Gasteiger charge is 2.11. The number of nitrogens with zero attached hydrogens (tertiary/aromatic N) is 1. The van der Waals surface area contributed by atoms with E-state index in [0.29, 0.717) is 12.6 Å². The molecular weight excluding hydrogens is 216 g/mol. The van der Waals surface area contributed by atoms with Gasteiger partial charge in [0.1, 0.15) is 0 Å². The molecule has 0 amide bonds. The molecule has 0 aliphatic carbocycles. The molecule has 0 aromatic heterocycles. The van der Waals surface area contributed by atoms with Crippen molar-refractivity contribution in [1.82, 2.24) is 4.90 Å². The maximum absolute atomic E-state index is 10.5. The van der Waals surface area contributed by atoms with E-state index in [9.17, 15) is 4.79 Å². The smallest absolute Gasteiger partial charge is 0.304 e. The van der Waals surface area contributed by atoms with Crippen molar-refractivity contribution >= 4 is 11.7 Å². The van der Waals surface area contributed by atoms with Crippen LogP contribution in [0.15, 0.2) is 24.3 Å². The molecule has 94 valence electrons. The number of hydrogen-bond donors (Lipinski definition) is 2. The molecule has 1 aromatic rings. The Labute approximate surface area is 102 Å². The molecule has 0 radical (unpaired) electrons. The molecule has 4 nitrogen and oxygen atoms in total. The largest absolute Gasteiger partial charge is 0.481 e. The number of aliphatic carboxylic acids is 1. The second kappa shape index (κ2) is 6.25. The molecule has 0 fully saturated rings. The Balaban J connectivity index is 2.45. The molecule has 0 aliphatic heterocycles. The van der Waals surface area contributed by atoms with Crippen LogP contribution in [-0.4, -0.2) is 35.6 Å². The molecule has 0 aliphatic rings. The lowest BCUT2D eigenvalue weighted by Gasteiger charge is -2.24. The summed E-state index contributed by atoms with van der Waals surface area (Å²) in [6.07, 6.45) is 1.08. The third-order valence-electron chi connectivity index (χ3n) is 2.94. The topological polar surface area (TPSA) is 66.6 Å². The van der Waals surface area contributed by atoms with Crippen LogP contribution in [-0.2, 0) is 11.2 Å². The van der Waals surface area contributed by atoms with Crippen LogP contribution in [0.25, 0.3) is 0 Å². The van der Waals surface area contributed by atoms with Crippen molar-refractivity contribution in [1.29, 1.82) is 0 Å². The number of anilines is 1. The fourth-order valence-electron chi connectivity index (χ4n) is 1.64. The van der Waals surface area contributed by atoms with Crippen LogP contribution in [0.2, 0.25) is 0 Å². The van der Waals surface area contributed by atoms with Crippen molar-refractivity contribution in [3.8, 4) is 0 Å². The van der Waals surface area contributed by atoms with Crippen molar-refractivity contribution < 1.29 is 9.90 Å². The number of rotatable bonds is 6. The van der Waals surface area contributed by atoms with E-state index in [1.807, 2.05) is 31.3 Å². The summed E-state index contributed by atoms with van der Waals surface area (Å²) in [5.41, 5.74) is 7.60. The van der Waals surface area contributed by atoms with Gasteiger partial charge in [0.05, 0.1) is 6.42 Å². The van der Waals surface area contributed by atoms with Gasteiger partial charge in [-0.25, -0.2) is 0 Å². The molecule has 4 heteroatoms. The van der Waals surface area contributed by atoms with Crippen molar-refractivity contribution in [2.24, 2.45) is 0 Å². The molecular formula is C13H20N2O2. The van der Waals surface area contributed by atoms with Gasteiger partial charge in [0.25, 0.3) is 0 Å². The predicted octanol–water partition coefficient (Wildman–Crippen LogP) is 1.61.